The summed E-state index contributed by atoms with van der Waals surface area (Å²) in [5, 5.41) is 5.58. The molecule has 2 aromatic rings. The number of imide groups is 1. The molecular formula is C21H19N3O4. The van der Waals surface area contributed by atoms with Crippen LogP contribution in [0.3, 0.4) is 0 Å². The highest BCUT2D eigenvalue weighted by Crippen LogP contribution is 2.25. The highest BCUT2D eigenvalue weighted by Gasteiger charge is 2.40. The quantitative estimate of drug-likeness (QED) is 0.781. The van der Waals surface area contributed by atoms with Crippen LogP contribution in [0.1, 0.15) is 50.8 Å². The number of anilines is 1. The minimum absolute atomic E-state index is 0.188. The van der Waals surface area contributed by atoms with Gasteiger partial charge < -0.3 is 10.6 Å². The summed E-state index contributed by atoms with van der Waals surface area (Å²) in [6.45, 7) is 1.50. The van der Waals surface area contributed by atoms with Crippen LogP contribution >= 0.6 is 0 Å². The van der Waals surface area contributed by atoms with Crippen molar-refractivity contribution in [3.8, 4) is 0 Å². The molecule has 7 nitrogen and oxygen atoms in total. The average molecular weight is 377 g/mol. The maximum absolute atomic E-state index is 12.7. The van der Waals surface area contributed by atoms with Crippen LogP contribution < -0.4 is 10.6 Å². The zero-order valence-corrected chi connectivity index (χ0v) is 15.3. The molecule has 2 aliphatic rings. The van der Waals surface area contributed by atoms with E-state index in [4.69, 9.17) is 0 Å². The van der Waals surface area contributed by atoms with E-state index < -0.39 is 23.8 Å². The lowest BCUT2D eigenvalue weighted by Crippen LogP contribution is -2.45. The molecule has 0 bridgehead atoms. The van der Waals surface area contributed by atoms with Crippen LogP contribution in [0.15, 0.2) is 48.5 Å². The zero-order chi connectivity index (χ0) is 19.8. The first kappa shape index (κ1) is 17.9. The molecule has 142 valence electrons. The fourth-order valence-corrected chi connectivity index (χ4v) is 3.16. The van der Waals surface area contributed by atoms with Crippen LogP contribution in [0, 0.1) is 0 Å². The Morgan fingerprint density at radius 3 is 2.25 bits per heavy atom. The Balaban J connectivity index is 1.47. The minimum atomic E-state index is -0.989. The van der Waals surface area contributed by atoms with E-state index >= 15 is 0 Å². The predicted octanol–water partition coefficient (Wildman–Crippen LogP) is 2.20. The van der Waals surface area contributed by atoms with Crippen LogP contribution in [-0.2, 0) is 4.79 Å². The monoisotopic (exact) mass is 377 g/mol. The molecule has 1 aliphatic carbocycles. The van der Waals surface area contributed by atoms with Gasteiger partial charge in [0.1, 0.15) is 6.04 Å². The van der Waals surface area contributed by atoms with Gasteiger partial charge in [0.15, 0.2) is 0 Å². The molecule has 0 aromatic heterocycles. The fourth-order valence-electron chi connectivity index (χ4n) is 3.16. The SMILES string of the molecule is CC(C(=O)Nc1cccc(C(=O)NC2CC2)c1)N1C(=O)c2ccccc2C1=O. The van der Waals surface area contributed by atoms with Crippen molar-refractivity contribution in [2.45, 2.75) is 31.8 Å². The van der Waals surface area contributed by atoms with Gasteiger partial charge in [-0.05, 0) is 50.1 Å². The Morgan fingerprint density at radius 1 is 1.00 bits per heavy atom. The van der Waals surface area contributed by atoms with E-state index in [0.717, 1.165) is 17.7 Å². The number of carbonyl (C=O) groups is 4. The summed E-state index contributed by atoms with van der Waals surface area (Å²) in [6.07, 6.45) is 1.97. The van der Waals surface area contributed by atoms with Crippen LogP contribution in [-0.4, -0.2) is 40.6 Å². The third-order valence-corrected chi connectivity index (χ3v) is 4.90. The molecule has 2 aromatic carbocycles. The normalized spacial score (nSPS) is 16.5. The van der Waals surface area contributed by atoms with E-state index in [0.29, 0.717) is 22.4 Å². The molecule has 1 heterocycles. The Hall–Kier alpha value is -3.48. The van der Waals surface area contributed by atoms with Gasteiger partial charge in [-0.25, -0.2) is 0 Å². The maximum atomic E-state index is 12.7. The number of carbonyl (C=O) groups excluding carboxylic acids is 4. The summed E-state index contributed by atoms with van der Waals surface area (Å²) >= 11 is 0. The van der Waals surface area contributed by atoms with Crippen LogP contribution in [0.25, 0.3) is 0 Å². The second-order valence-corrected chi connectivity index (χ2v) is 7.02. The molecule has 28 heavy (non-hydrogen) atoms. The molecular weight excluding hydrogens is 358 g/mol. The first-order chi connectivity index (χ1) is 13.5. The van der Waals surface area contributed by atoms with Crippen molar-refractivity contribution in [1.29, 1.82) is 0 Å². The van der Waals surface area contributed by atoms with Gasteiger partial charge in [-0.2, -0.15) is 0 Å². The second kappa shape index (κ2) is 6.92. The molecule has 4 amide bonds. The van der Waals surface area contributed by atoms with Crippen molar-refractivity contribution in [3.05, 3.63) is 65.2 Å². The summed E-state index contributed by atoms with van der Waals surface area (Å²) in [5.41, 5.74) is 1.46. The van der Waals surface area contributed by atoms with Crippen molar-refractivity contribution >= 4 is 29.3 Å². The smallest absolute Gasteiger partial charge is 0.262 e. The predicted molar refractivity (Wildman–Crippen MR) is 102 cm³/mol. The lowest BCUT2D eigenvalue weighted by molar-refractivity contribution is -0.119. The topological polar surface area (TPSA) is 95.6 Å². The average Bonchev–Trinajstić information content (AvgIpc) is 3.47. The standard InChI is InChI=1S/C21H19N3O4/c1-12(24-20(27)16-7-2-3-8-17(16)21(24)28)18(25)23-15-6-4-5-13(11-15)19(26)22-14-9-10-14/h2-8,11-12,14H,9-10H2,1H3,(H,22,26)(H,23,25). The molecule has 1 atom stereocenters. The molecule has 1 unspecified atom stereocenters. The third-order valence-electron chi connectivity index (χ3n) is 4.90. The van der Waals surface area contributed by atoms with Gasteiger partial charge in [0, 0.05) is 17.3 Å². The Bertz CT molecular complexity index is 962. The first-order valence-corrected chi connectivity index (χ1v) is 9.14. The van der Waals surface area contributed by atoms with E-state index in [1.807, 2.05) is 0 Å². The summed E-state index contributed by atoms with van der Waals surface area (Å²) in [4.78, 5) is 50.8. The number of amides is 4. The number of nitrogens with one attached hydrogen (secondary N) is 2. The van der Waals surface area contributed by atoms with Gasteiger partial charge in [-0.1, -0.05) is 18.2 Å². The maximum Gasteiger partial charge on any atom is 0.262 e. The van der Waals surface area contributed by atoms with Crippen LogP contribution in [0.2, 0.25) is 0 Å². The summed E-state index contributed by atoms with van der Waals surface area (Å²) < 4.78 is 0. The van der Waals surface area contributed by atoms with Crippen LogP contribution in [0.4, 0.5) is 5.69 Å². The number of benzene rings is 2. The molecule has 0 radical (unpaired) electrons. The number of hydrogen-bond acceptors (Lipinski definition) is 4. The minimum Gasteiger partial charge on any atom is -0.349 e. The Labute approximate surface area is 161 Å². The lowest BCUT2D eigenvalue weighted by Gasteiger charge is -2.21. The van der Waals surface area contributed by atoms with Gasteiger partial charge >= 0.3 is 0 Å². The van der Waals surface area contributed by atoms with Crippen molar-refractivity contribution < 1.29 is 19.2 Å². The molecule has 1 saturated carbocycles. The molecule has 2 N–H and O–H groups in total. The summed E-state index contributed by atoms with van der Waals surface area (Å²) in [5.74, 6) is -1.66. The van der Waals surface area contributed by atoms with Gasteiger partial charge in [-0.3, -0.25) is 24.1 Å². The number of nitrogens with zero attached hydrogens (tertiary/aromatic N) is 1. The van der Waals surface area contributed by atoms with Gasteiger partial charge in [0.05, 0.1) is 11.1 Å². The van der Waals surface area contributed by atoms with E-state index in [-0.39, 0.29) is 11.9 Å². The zero-order valence-electron chi connectivity index (χ0n) is 15.3. The Morgan fingerprint density at radius 2 is 1.64 bits per heavy atom. The van der Waals surface area contributed by atoms with Gasteiger partial charge in [0.25, 0.3) is 17.7 Å². The highest BCUT2D eigenvalue weighted by atomic mass is 16.2. The van der Waals surface area contributed by atoms with Crippen molar-refractivity contribution in [3.63, 3.8) is 0 Å². The summed E-state index contributed by atoms with van der Waals surface area (Å²) in [7, 11) is 0. The number of fused-ring (bicyclic) bond motifs is 1. The first-order valence-electron chi connectivity index (χ1n) is 9.14. The molecule has 0 spiro atoms. The number of hydrogen-bond donors (Lipinski definition) is 2. The van der Waals surface area contributed by atoms with E-state index in [2.05, 4.69) is 10.6 Å². The third kappa shape index (κ3) is 3.26. The molecule has 1 fully saturated rings. The van der Waals surface area contributed by atoms with Gasteiger partial charge in [-0.15, -0.1) is 0 Å². The number of rotatable bonds is 5. The molecule has 0 saturated heterocycles. The van der Waals surface area contributed by atoms with Crippen molar-refractivity contribution in [2.75, 3.05) is 5.32 Å². The summed E-state index contributed by atoms with van der Waals surface area (Å²) in [6, 6.07) is 12.3. The van der Waals surface area contributed by atoms with E-state index in [9.17, 15) is 19.2 Å². The Kier molecular flexibility index (Phi) is 4.43. The second-order valence-electron chi connectivity index (χ2n) is 7.02. The molecule has 1 aliphatic heterocycles. The molecule has 7 heteroatoms. The highest BCUT2D eigenvalue weighted by molar-refractivity contribution is 6.23. The fraction of sp³-hybridized carbons (Fsp3) is 0.238. The van der Waals surface area contributed by atoms with Gasteiger partial charge in [0.2, 0.25) is 5.91 Å². The van der Waals surface area contributed by atoms with Crippen LogP contribution in [0.5, 0.6) is 0 Å². The largest absolute Gasteiger partial charge is 0.349 e. The van der Waals surface area contributed by atoms with E-state index in [1.165, 1.54) is 6.92 Å². The van der Waals surface area contributed by atoms with Crippen molar-refractivity contribution in [1.82, 2.24) is 10.2 Å². The van der Waals surface area contributed by atoms with E-state index in [1.54, 1.807) is 48.5 Å². The molecule has 4 rings (SSSR count). The lowest BCUT2D eigenvalue weighted by atomic mass is 10.1. The van der Waals surface area contributed by atoms with Crippen molar-refractivity contribution in [2.24, 2.45) is 0 Å².